The van der Waals surface area contributed by atoms with Crippen LogP contribution >= 0.6 is 0 Å². The summed E-state index contributed by atoms with van der Waals surface area (Å²) >= 11 is 0. The Morgan fingerprint density at radius 3 is 2.31 bits per heavy atom. The van der Waals surface area contributed by atoms with E-state index in [1.54, 1.807) is 0 Å². The molecule has 16 heavy (non-hydrogen) atoms. The number of hydrazone groups is 1. The molecule has 0 fully saturated rings. The summed E-state index contributed by atoms with van der Waals surface area (Å²) in [6, 6.07) is 4.83. The van der Waals surface area contributed by atoms with Crippen LogP contribution in [0.3, 0.4) is 0 Å². The Labute approximate surface area is 87.7 Å². The SMILES string of the molecule is O=[N+]([O-])c1ccc(N/N=C\C(F)(F)F)cc1. The standard InChI is InChI=1S/C8H6F3N3O2/c9-8(10,11)5-12-13-6-1-3-7(4-2-6)14(15)16/h1-5,13H/b12-5-. The predicted molar refractivity (Wildman–Crippen MR) is 51.3 cm³/mol. The summed E-state index contributed by atoms with van der Waals surface area (Å²) in [6.07, 6.45) is -4.71. The quantitative estimate of drug-likeness (QED) is 0.495. The average Bonchev–Trinajstić information content (AvgIpc) is 2.16. The van der Waals surface area contributed by atoms with Crippen LogP contribution in [0.15, 0.2) is 29.4 Å². The molecule has 0 atom stereocenters. The van der Waals surface area contributed by atoms with Crippen LogP contribution < -0.4 is 5.43 Å². The third-order valence-corrected chi connectivity index (χ3v) is 1.48. The number of benzene rings is 1. The van der Waals surface area contributed by atoms with Crippen molar-refractivity contribution in [1.82, 2.24) is 0 Å². The van der Waals surface area contributed by atoms with Gasteiger partial charge in [0.05, 0.1) is 10.6 Å². The van der Waals surface area contributed by atoms with Gasteiger partial charge in [-0.15, -0.1) is 0 Å². The summed E-state index contributed by atoms with van der Waals surface area (Å²) in [5.41, 5.74) is 2.17. The first-order valence-electron chi connectivity index (χ1n) is 4.00. The average molecular weight is 233 g/mol. The fourth-order valence-corrected chi connectivity index (χ4v) is 0.838. The van der Waals surface area contributed by atoms with Crippen LogP contribution in [0.2, 0.25) is 0 Å². The van der Waals surface area contributed by atoms with Crippen molar-refractivity contribution in [1.29, 1.82) is 0 Å². The molecule has 0 heterocycles. The molecule has 1 N–H and O–H groups in total. The lowest BCUT2D eigenvalue weighted by Gasteiger charge is -2.00. The van der Waals surface area contributed by atoms with E-state index in [1.807, 2.05) is 0 Å². The van der Waals surface area contributed by atoms with Gasteiger partial charge >= 0.3 is 6.18 Å². The monoisotopic (exact) mass is 233 g/mol. The second-order valence-corrected chi connectivity index (χ2v) is 2.72. The van der Waals surface area contributed by atoms with Gasteiger partial charge in [-0.05, 0) is 12.1 Å². The maximum Gasteiger partial charge on any atom is 0.428 e. The first-order chi connectivity index (χ1) is 7.38. The number of nitro groups is 1. The molecule has 0 spiro atoms. The number of halogens is 3. The Kier molecular flexibility index (Phi) is 3.44. The molecule has 1 aromatic rings. The number of alkyl halides is 3. The first-order valence-corrected chi connectivity index (χ1v) is 4.00. The number of non-ortho nitro benzene ring substituents is 1. The highest BCUT2D eigenvalue weighted by molar-refractivity contribution is 5.65. The molecular weight excluding hydrogens is 227 g/mol. The van der Waals surface area contributed by atoms with Gasteiger partial charge in [-0.25, -0.2) is 0 Å². The fourth-order valence-electron chi connectivity index (χ4n) is 0.838. The lowest BCUT2D eigenvalue weighted by Crippen LogP contribution is -2.09. The lowest BCUT2D eigenvalue weighted by atomic mass is 10.3. The van der Waals surface area contributed by atoms with Crippen LogP contribution in [-0.4, -0.2) is 17.3 Å². The molecule has 8 heteroatoms. The summed E-state index contributed by atoms with van der Waals surface area (Å²) < 4.78 is 34.9. The van der Waals surface area contributed by atoms with Crippen molar-refractivity contribution >= 4 is 17.6 Å². The van der Waals surface area contributed by atoms with Crippen molar-refractivity contribution in [3.05, 3.63) is 34.4 Å². The first kappa shape index (κ1) is 12.0. The summed E-state index contributed by atoms with van der Waals surface area (Å²) in [5.74, 6) is 0. The van der Waals surface area contributed by atoms with E-state index >= 15 is 0 Å². The fraction of sp³-hybridized carbons (Fsp3) is 0.125. The molecule has 0 aliphatic heterocycles. The summed E-state index contributed by atoms with van der Waals surface area (Å²) in [5, 5.41) is 13.2. The Balaban J connectivity index is 2.63. The molecule has 1 rings (SSSR count). The van der Waals surface area contributed by atoms with Crippen LogP contribution in [0, 0.1) is 10.1 Å². The Bertz CT molecular complexity index is 400. The second kappa shape index (κ2) is 4.60. The number of rotatable bonds is 3. The second-order valence-electron chi connectivity index (χ2n) is 2.72. The van der Waals surface area contributed by atoms with Gasteiger partial charge in [-0.3, -0.25) is 15.5 Å². The minimum absolute atomic E-state index is 0.148. The van der Waals surface area contributed by atoms with Crippen molar-refractivity contribution in [3.8, 4) is 0 Å². The zero-order valence-corrected chi connectivity index (χ0v) is 7.73. The maximum atomic E-state index is 11.6. The van der Waals surface area contributed by atoms with Gasteiger partial charge in [-0.2, -0.15) is 18.3 Å². The van der Waals surface area contributed by atoms with Crippen molar-refractivity contribution in [2.24, 2.45) is 5.10 Å². The van der Waals surface area contributed by atoms with Gasteiger partial charge in [0.15, 0.2) is 0 Å². The normalized spacial score (nSPS) is 11.7. The van der Waals surface area contributed by atoms with Gasteiger partial charge < -0.3 is 0 Å². The minimum atomic E-state index is -4.49. The van der Waals surface area contributed by atoms with Crippen molar-refractivity contribution in [3.63, 3.8) is 0 Å². The highest BCUT2D eigenvalue weighted by Crippen LogP contribution is 2.16. The van der Waals surface area contributed by atoms with E-state index in [2.05, 4.69) is 10.5 Å². The smallest absolute Gasteiger partial charge is 0.279 e. The molecule has 0 amide bonds. The zero-order chi connectivity index (χ0) is 12.2. The number of nitrogens with zero attached hydrogens (tertiary/aromatic N) is 2. The highest BCUT2D eigenvalue weighted by Gasteiger charge is 2.23. The van der Waals surface area contributed by atoms with E-state index in [1.165, 1.54) is 12.1 Å². The summed E-state index contributed by atoms with van der Waals surface area (Å²) in [6.45, 7) is 0. The highest BCUT2D eigenvalue weighted by atomic mass is 19.4. The topological polar surface area (TPSA) is 67.5 Å². The van der Waals surface area contributed by atoms with Crippen molar-refractivity contribution < 1.29 is 18.1 Å². The maximum absolute atomic E-state index is 11.6. The third kappa shape index (κ3) is 3.95. The Morgan fingerprint density at radius 2 is 1.88 bits per heavy atom. The minimum Gasteiger partial charge on any atom is -0.279 e. The van der Waals surface area contributed by atoms with Gasteiger partial charge in [0.2, 0.25) is 0 Å². The summed E-state index contributed by atoms with van der Waals surface area (Å²) in [7, 11) is 0. The van der Waals surface area contributed by atoms with Crippen LogP contribution in [0.25, 0.3) is 0 Å². The number of anilines is 1. The molecule has 1 aromatic carbocycles. The molecule has 0 unspecified atom stereocenters. The van der Waals surface area contributed by atoms with Crippen molar-refractivity contribution in [2.45, 2.75) is 6.18 Å². The van der Waals surface area contributed by atoms with Gasteiger partial charge in [0.1, 0.15) is 6.21 Å². The van der Waals surface area contributed by atoms with E-state index < -0.39 is 11.1 Å². The molecule has 5 nitrogen and oxygen atoms in total. The van der Waals surface area contributed by atoms with Crippen LogP contribution in [0.4, 0.5) is 24.5 Å². The number of hydrogen-bond acceptors (Lipinski definition) is 4. The molecule has 0 aromatic heterocycles. The van der Waals surface area contributed by atoms with Crippen LogP contribution in [0.1, 0.15) is 0 Å². The molecule has 0 aliphatic rings. The number of hydrogen-bond donors (Lipinski definition) is 1. The molecule has 0 aliphatic carbocycles. The molecule has 0 bridgehead atoms. The van der Waals surface area contributed by atoms with Crippen LogP contribution in [-0.2, 0) is 0 Å². The molecule has 86 valence electrons. The van der Waals surface area contributed by atoms with E-state index in [-0.39, 0.29) is 17.6 Å². The van der Waals surface area contributed by atoms with Crippen LogP contribution in [0.5, 0.6) is 0 Å². The number of nitro benzene ring substituents is 1. The zero-order valence-electron chi connectivity index (χ0n) is 7.73. The largest absolute Gasteiger partial charge is 0.428 e. The Hall–Kier alpha value is -2.12. The molecular formula is C8H6F3N3O2. The number of nitrogens with one attached hydrogen (secondary N) is 1. The van der Waals surface area contributed by atoms with E-state index in [0.717, 1.165) is 12.1 Å². The van der Waals surface area contributed by atoms with Gasteiger partial charge in [-0.1, -0.05) is 0 Å². The Morgan fingerprint density at radius 1 is 1.31 bits per heavy atom. The third-order valence-electron chi connectivity index (χ3n) is 1.48. The summed E-state index contributed by atoms with van der Waals surface area (Å²) in [4.78, 5) is 9.66. The van der Waals surface area contributed by atoms with E-state index in [9.17, 15) is 23.3 Å². The molecule has 0 saturated carbocycles. The lowest BCUT2D eigenvalue weighted by molar-refractivity contribution is -0.384. The molecule has 0 saturated heterocycles. The van der Waals surface area contributed by atoms with E-state index in [4.69, 9.17) is 0 Å². The van der Waals surface area contributed by atoms with Crippen molar-refractivity contribution in [2.75, 3.05) is 5.43 Å². The van der Waals surface area contributed by atoms with Gasteiger partial charge in [0, 0.05) is 12.1 Å². The van der Waals surface area contributed by atoms with E-state index in [0.29, 0.717) is 0 Å². The molecule has 0 radical (unpaired) electrons. The van der Waals surface area contributed by atoms with Gasteiger partial charge in [0.25, 0.3) is 5.69 Å². The predicted octanol–water partition coefficient (Wildman–Crippen LogP) is 2.55.